The Kier molecular flexibility index (Phi) is 6.58. The summed E-state index contributed by atoms with van der Waals surface area (Å²) >= 11 is 0. The summed E-state index contributed by atoms with van der Waals surface area (Å²) in [5, 5.41) is 0. The van der Waals surface area contributed by atoms with Crippen molar-refractivity contribution in [1.29, 1.82) is 0 Å². The fraction of sp³-hybridized carbons (Fsp3) is 0.522. The number of aromatic nitrogens is 2. The lowest BCUT2D eigenvalue weighted by molar-refractivity contribution is -0.167. The molecule has 1 saturated heterocycles. The molecule has 33 heavy (non-hydrogen) atoms. The van der Waals surface area contributed by atoms with Gasteiger partial charge in [0.2, 0.25) is 0 Å². The Labute approximate surface area is 189 Å². The first-order valence-corrected chi connectivity index (χ1v) is 10.8. The number of nitrogens with zero attached hydrogens (tertiary/aromatic N) is 4. The number of amides is 1. The molecule has 178 valence electrons. The highest BCUT2D eigenvalue weighted by Crippen LogP contribution is 2.31. The smallest absolute Gasteiger partial charge is 0.266 e. The van der Waals surface area contributed by atoms with Gasteiger partial charge in [0.05, 0.1) is 31.0 Å². The van der Waals surface area contributed by atoms with E-state index in [4.69, 9.17) is 9.47 Å². The number of aryl methyl sites for hydroxylation is 1. The van der Waals surface area contributed by atoms with Crippen LogP contribution in [0.5, 0.6) is 0 Å². The first kappa shape index (κ1) is 23.4. The van der Waals surface area contributed by atoms with E-state index >= 15 is 0 Å². The van der Waals surface area contributed by atoms with E-state index in [0.717, 1.165) is 17.3 Å². The van der Waals surface area contributed by atoms with E-state index in [0.29, 0.717) is 38.1 Å². The van der Waals surface area contributed by atoms with Crippen LogP contribution in [0, 0.1) is 5.82 Å². The van der Waals surface area contributed by atoms with E-state index in [2.05, 4.69) is 9.98 Å². The molecule has 7 nitrogen and oxygen atoms in total. The molecule has 2 aliphatic rings. The Bertz CT molecular complexity index is 1110. The maximum atomic E-state index is 14.6. The molecule has 1 fully saturated rings. The van der Waals surface area contributed by atoms with Gasteiger partial charge < -0.3 is 18.9 Å². The minimum atomic E-state index is -2.91. The van der Waals surface area contributed by atoms with Gasteiger partial charge in [-0.3, -0.25) is 9.79 Å². The summed E-state index contributed by atoms with van der Waals surface area (Å²) in [4.78, 5) is 24.0. The standard InChI is InChI=1S/C23H27F3N4O3/c1-14(15-5-4-6-16(19(15)24)20(25)26)28-21-17-11-30(12-18(17)29(2)13-27-21)22(31)23(32-3)7-9-33-10-8-23/h4-6,13-14,20H,7-12H2,1-3H3. The lowest BCUT2D eigenvalue weighted by atomic mass is 9.92. The molecule has 1 unspecified atom stereocenters. The van der Waals surface area contributed by atoms with Gasteiger partial charge in [-0.15, -0.1) is 0 Å². The number of hydrogen-bond donors (Lipinski definition) is 0. The topological polar surface area (TPSA) is 69.0 Å². The monoisotopic (exact) mass is 464 g/mol. The molecule has 0 radical (unpaired) electrons. The summed E-state index contributed by atoms with van der Waals surface area (Å²) in [7, 11) is 3.37. The summed E-state index contributed by atoms with van der Waals surface area (Å²) in [5.74, 6) is -1.07. The Morgan fingerprint density at radius 2 is 1.94 bits per heavy atom. The summed E-state index contributed by atoms with van der Waals surface area (Å²) < 4.78 is 53.7. The quantitative estimate of drug-likeness (QED) is 0.682. The number of carbonyl (C=O) groups is 1. The molecule has 0 N–H and O–H groups in total. The lowest BCUT2D eigenvalue weighted by Crippen LogP contribution is -2.52. The number of fused-ring (bicyclic) bond motifs is 1. The molecule has 0 saturated carbocycles. The van der Waals surface area contributed by atoms with E-state index in [1.54, 1.807) is 25.3 Å². The molecule has 0 spiro atoms. The van der Waals surface area contributed by atoms with Gasteiger partial charge in [0.1, 0.15) is 5.82 Å². The van der Waals surface area contributed by atoms with Crippen molar-refractivity contribution in [2.45, 2.75) is 50.9 Å². The first-order chi connectivity index (χ1) is 15.8. The molecule has 2 aliphatic heterocycles. The zero-order valence-corrected chi connectivity index (χ0v) is 18.9. The number of ether oxygens (including phenoxy) is 2. The zero-order chi connectivity index (χ0) is 23.8. The molecule has 1 amide bonds. The number of methoxy groups -OCH3 is 1. The van der Waals surface area contributed by atoms with Crippen molar-refractivity contribution in [3.63, 3.8) is 0 Å². The van der Waals surface area contributed by atoms with Gasteiger partial charge in [-0.1, -0.05) is 18.2 Å². The Morgan fingerprint density at radius 3 is 2.61 bits per heavy atom. The van der Waals surface area contributed by atoms with Crippen LogP contribution < -0.4 is 5.49 Å². The van der Waals surface area contributed by atoms with Crippen molar-refractivity contribution in [3.8, 4) is 0 Å². The predicted molar refractivity (Wildman–Crippen MR) is 113 cm³/mol. The molecule has 2 aromatic rings. The van der Waals surface area contributed by atoms with E-state index in [9.17, 15) is 18.0 Å². The maximum Gasteiger partial charge on any atom is 0.266 e. The van der Waals surface area contributed by atoms with Crippen molar-refractivity contribution in [1.82, 2.24) is 14.5 Å². The Hall–Kier alpha value is -2.72. The highest BCUT2D eigenvalue weighted by molar-refractivity contribution is 5.86. The molecule has 1 aromatic heterocycles. The molecular weight excluding hydrogens is 437 g/mol. The van der Waals surface area contributed by atoms with Crippen molar-refractivity contribution < 1.29 is 27.4 Å². The second-order valence-corrected chi connectivity index (χ2v) is 8.43. The molecule has 10 heteroatoms. The third-order valence-corrected chi connectivity index (χ3v) is 6.51. The molecule has 0 aliphatic carbocycles. The van der Waals surface area contributed by atoms with Gasteiger partial charge in [0.15, 0.2) is 11.1 Å². The fourth-order valence-corrected chi connectivity index (χ4v) is 4.49. The van der Waals surface area contributed by atoms with Crippen LogP contribution in [0.15, 0.2) is 29.5 Å². The number of benzene rings is 1. The third kappa shape index (κ3) is 4.29. The fourth-order valence-electron chi connectivity index (χ4n) is 4.49. The van der Waals surface area contributed by atoms with Crippen LogP contribution in [0.3, 0.4) is 0 Å². The largest absolute Gasteiger partial charge is 0.381 e. The van der Waals surface area contributed by atoms with Crippen LogP contribution in [0.25, 0.3) is 0 Å². The van der Waals surface area contributed by atoms with Crippen LogP contribution in [-0.2, 0) is 34.4 Å². The molecule has 4 rings (SSSR count). The second-order valence-electron chi connectivity index (χ2n) is 8.43. The molecule has 1 atom stereocenters. The highest BCUT2D eigenvalue weighted by Gasteiger charge is 2.44. The van der Waals surface area contributed by atoms with Crippen molar-refractivity contribution in [2.75, 3.05) is 20.3 Å². The average Bonchev–Trinajstić information content (AvgIpc) is 3.27. The van der Waals surface area contributed by atoms with E-state index in [1.165, 1.54) is 12.1 Å². The Balaban J connectivity index is 1.66. The lowest BCUT2D eigenvalue weighted by Gasteiger charge is -2.37. The normalized spacial score (nSPS) is 19.1. The predicted octanol–water partition coefficient (Wildman–Crippen LogP) is 3.20. The number of rotatable bonds is 5. The average molecular weight is 464 g/mol. The summed E-state index contributed by atoms with van der Waals surface area (Å²) in [5.41, 5.74) is 0.489. The van der Waals surface area contributed by atoms with Crippen molar-refractivity contribution in [2.24, 2.45) is 12.0 Å². The van der Waals surface area contributed by atoms with E-state index in [-0.39, 0.29) is 18.0 Å². The molecule has 1 aromatic carbocycles. The Morgan fingerprint density at radius 1 is 1.24 bits per heavy atom. The number of carbonyl (C=O) groups excluding carboxylic acids is 1. The molecule has 3 heterocycles. The molecular formula is C23H27F3N4O3. The second kappa shape index (κ2) is 9.26. The van der Waals surface area contributed by atoms with E-state index < -0.39 is 29.4 Å². The highest BCUT2D eigenvalue weighted by atomic mass is 19.3. The van der Waals surface area contributed by atoms with Crippen molar-refractivity contribution in [3.05, 3.63) is 58.2 Å². The third-order valence-electron chi connectivity index (χ3n) is 6.51. The van der Waals surface area contributed by atoms with Gasteiger partial charge in [-0.05, 0) is 6.92 Å². The summed E-state index contributed by atoms with van der Waals surface area (Å²) in [6.07, 6.45) is -0.362. The van der Waals surface area contributed by atoms with Crippen LogP contribution >= 0.6 is 0 Å². The van der Waals surface area contributed by atoms with Gasteiger partial charge in [-0.2, -0.15) is 0 Å². The summed E-state index contributed by atoms with van der Waals surface area (Å²) in [6.45, 7) is 3.20. The van der Waals surface area contributed by atoms with Gasteiger partial charge in [0, 0.05) is 57.0 Å². The maximum absolute atomic E-state index is 14.6. The minimum absolute atomic E-state index is 0.0723. The van der Waals surface area contributed by atoms with Crippen LogP contribution in [0.4, 0.5) is 13.2 Å². The number of hydrogen-bond acceptors (Lipinski definition) is 5. The SMILES string of the molecule is COC1(C(=O)N2Cc3c(n(C)cnc3=NC(C)c3cccc(C(F)F)c3F)C2)CCOCC1. The van der Waals surface area contributed by atoms with Crippen LogP contribution in [-0.4, -0.2) is 46.3 Å². The first-order valence-electron chi connectivity index (χ1n) is 10.8. The van der Waals surface area contributed by atoms with E-state index in [1.807, 2.05) is 11.6 Å². The van der Waals surface area contributed by atoms with Crippen molar-refractivity contribution >= 4 is 5.91 Å². The minimum Gasteiger partial charge on any atom is -0.381 e. The van der Waals surface area contributed by atoms with Gasteiger partial charge >= 0.3 is 0 Å². The summed E-state index contributed by atoms with van der Waals surface area (Å²) in [6, 6.07) is 3.17. The molecule has 0 bridgehead atoms. The van der Waals surface area contributed by atoms with Crippen LogP contribution in [0.2, 0.25) is 0 Å². The van der Waals surface area contributed by atoms with Gasteiger partial charge in [0.25, 0.3) is 12.3 Å². The van der Waals surface area contributed by atoms with Gasteiger partial charge in [-0.25, -0.2) is 18.2 Å². The zero-order valence-electron chi connectivity index (χ0n) is 18.9. The van der Waals surface area contributed by atoms with Crippen LogP contribution in [0.1, 0.15) is 54.6 Å². The number of halogens is 3. The number of alkyl halides is 2.